The molecule has 1 aromatic heterocycles. The van der Waals surface area contributed by atoms with Gasteiger partial charge in [-0.2, -0.15) is 5.10 Å². The maximum absolute atomic E-state index is 5.63. The fraction of sp³-hybridized carbons (Fsp3) is 0.200. The molecule has 0 unspecified atom stereocenters. The van der Waals surface area contributed by atoms with Crippen molar-refractivity contribution in [3.05, 3.63) is 17.4 Å². The Morgan fingerprint density at radius 1 is 1.67 bits per heavy atom. The first-order chi connectivity index (χ1) is 4.34. The van der Waals surface area contributed by atoms with Crippen molar-refractivity contribution in [3.8, 4) is 0 Å². The van der Waals surface area contributed by atoms with Crippen molar-refractivity contribution in [1.29, 1.82) is 0 Å². The largest absolute Gasteiger partial charge is 0.165 e. The predicted octanol–water partition coefficient (Wildman–Crippen LogP) is 1.85. The summed E-state index contributed by atoms with van der Waals surface area (Å²) >= 11 is 7.19. The van der Waals surface area contributed by atoms with Gasteiger partial charge in [-0.15, -0.1) is 16.9 Å². The average molecular weight is 161 g/mol. The minimum atomic E-state index is 0.477. The lowest BCUT2D eigenvalue weighted by molar-refractivity contribution is 0.998. The first-order valence-electron chi connectivity index (χ1n) is 2.36. The molecule has 0 fully saturated rings. The number of halogens is 1. The highest BCUT2D eigenvalue weighted by molar-refractivity contribution is 7.98. The summed E-state index contributed by atoms with van der Waals surface area (Å²) in [6.45, 7) is 0. The second-order valence-corrected chi connectivity index (χ2v) is 2.60. The van der Waals surface area contributed by atoms with Gasteiger partial charge in [0.15, 0.2) is 5.15 Å². The van der Waals surface area contributed by atoms with E-state index in [0.717, 1.165) is 4.90 Å². The van der Waals surface area contributed by atoms with Crippen LogP contribution in [0.15, 0.2) is 17.2 Å². The van der Waals surface area contributed by atoms with Crippen LogP contribution >= 0.6 is 23.4 Å². The maximum Gasteiger partial charge on any atom is 0.165 e. The Balaban J connectivity index is 3.01. The summed E-state index contributed by atoms with van der Waals surface area (Å²) in [4.78, 5) is 0.965. The minimum absolute atomic E-state index is 0.477. The van der Waals surface area contributed by atoms with Gasteiger partial charge in [0.2, 0.25) is 0 Å². The fourth-order valence-electron chi connectivity index (χ4n) is 0.455. The molecule has 0 saturated carbocycles. The third-order valence-electron chi connectivity index (χ3n) is 0.861. The number of thioether (sulfide) groups is 1. The quantitative estimate of drug-likeness (QED) is 0.587. The molecule has 0 N–H and O–H groups in total. The Morgan fingerprint density at radius 3 is 2.89 bits per heavy atom. The number of aromatic nitrogens is 2. The van der Waals surface area contributed by atoms with Gasteiger partial charge >= 0.3 is 0 Å². The molecule has 1 rings (SSSR count). The van der Waals surface area contributed by atoms with E-state index in [9.17, 15) is 0 Å². The summed E-state index contributed by atoms with van der Waals surface area (Å²) in [6.07, 6.45) is 3.57. The van der Waals surface area contributed by atoms with Gasteiger partial charge in [-0.25, -0.2) is 0 Å². The van der Waals surface area contributed by atoms with Gasteiger partial charge in [-0.3, -0.25) is 0 Å². The van der Waals surface area contributed by atoms with Gasteiger partial charge in [0.1, 0.15) is 0 Å². The average Bonchev–Trinajstić information content (AvgIpc) is 1.89. The van der Waals surface area contributed by atoms with E-state index in [1.165, 1.54) is 0 Å². The third kappa shape index (κ3) is 1.56. The highest BCUT2D eigenvalue weighted by Crippen LogP contribution is 2.20. The van der Waals surface area contributed by atoms with E-state index < -0.39 is 0 Å². The fourth-order valence-corrected chi connectivity index (χ4v) is 1.20. The maximum atomic E-state index is 5.63. The third-order valence-corrected chi connectivity index (χ3v) is 2.02. The van der Waals surface area contributed by atoms with Gasteiger partial charge in [0.25, 0.3) is 0 Å². The molecule has 0 spiro atoms. The molecular weight excluding hydrogens is 156 g/mol. The number of rotatable bonds is 1. The molecule has 0 aliphatic carbocycles. The van der Waals surface area contributed by atoms with Crippen LogP contribution in [0.3, 0.4) is 0 Å². The molecule has 0 aliphatic heterocycles. The summed E-state index contributed by atoms with van der Waals surface area (Å²) < 4.78 is 0. The van der Waals surface area contributed by atoms with Crippen LogP contribution in [0.1, 0.15) is 0 Å². The van der Waals surface area contributed by atoms with Gasteiger partial charge in [0.05, 0.1) is 6.20 Å². The van der Waals surface area contributed by atoms with Crippen molar-refractivity contribution < 1.29 is 0 Å². The zero-order valence-electron chi connectivity index (χ0n) is 4.84. The second-order valence-electron chi connectivity index (χ2n) is 1.39. The monoisotopic (exact) mass is 160 g/mol. The Kier molecular flexibility index (Phi) is 2.30. The predicted molar refractivity (Wildman–Crippen MR) is 38.8 cm³/mol. The highest BCUT2D eigenvalue weighted by atomic mass is 35.5. The summed E-state index contributed by atoms with van der Waals surface area (Å²) in [7, 11) is 0. The van der Waals surface area contributed by atoms with Crippen LogP contribution < -0.4 is 0 Å². The standard InChI is InChI=1S/C5H5ClN2S/c1-9-4-2-3-7-8-5(4)6/h2-3H,1H3. The SMILES string of the molecule is CSc1ccnnc1Cl. The van der Waals surface area contributed by atoms with E-state index >= 15 is 0 Å². The lowest BCUT2D eigenvalue weighted by atomic mass is 10.6. The molecule has 1 aromatic rings. The van der Waals surface area contributed by atoms with Crippen LogP contribution in [-0.4, -0.2) is 16.5 Å². The zero-order chi connectivity index (χ0) is 6.69. The molecule has 2 nitrogen and oxygen atoms in total. The van der Waals surface area contributed by atoms with E-state index in [2.05, 4.69) is 10.2 Å². The summed E-state index contributed by atoms with van der Waals surface area (Å²) in [6, 6.07) is 1.83. The van der Waals surface area contributed by atoms with E-state index in [-0.39, 0.29) is 0 Å². The van der Waals surface area contributed by atoms with Gasteiger partial charge in [0, 0.05) is 4.90 Å². The Bertz CT molecular complexity index is 204. The molecule has 0 bridgehead atoms. The van der Waals surface area contributed by atoms with Crippen molar-refractivity contribution in [3.63, 3.8) is 0 Å². The first-order valence-corrected chi connectivity index (χ1v) is 3.96. The summed E-state index contributed by atoms with van der Waals surface area (Å²) in [5.74, 6) is 0. The van der Waals surface area contributed by atoms with E-state index in [1.54, 1.807) is 18.0 Å². The van der Waals surface area contributed by atoms with Gasteiger partial charge < -0.3 is 0 Å². The summed E-state index contributed by atoms with van der Waals surface area (Å²) in [5.41, 5.74) is 0. The topological polar surface area (TPSA) is 25.8 Å². The first kappa shape index (κ1) is 6.83. The lowest BCUT2D eigenvalue weighted by Crippen LogP contribution is -1.81. The molecule has 0 radical (unpaired) electrons. The second kappa shape index (κ2) is 3.03. The number of nitrogens with zero attached hydrogens (tertiary/aromatic N) is 2. The van der Waals surface area contributed by atoms with E-state index in [4.69, 9.17) is 11.6 Å². The minimum Gasteiger partial charge on any atom is -0.158 e. The van der Waals surface area contributed by atoms with Crippen molar-refractivity contribution in [1.82, 2.24) is 10.2 Å². The zero-order valence-corrected chi connectivity index (χ0v) is 6.41. The van der Waals surface area contributed by atoms with Crippen LogP contribution in [0.4, 0.5) is 0 Å². The van der Waals surface area contributed by atoms with Crippen molar-refractivity contribution >= 4 is 23.4 Å². The smallest absolute Gasteiger partial charge is 0.158 e. The van der Waals surface area contributed by atoms with Crippen LogP contribution in [0.5, 0.6) is 0 Å². The molecule has 1 heterocycles. The number of hydrogen-bond donors (Lipinski definition) is 0. The van der Waals surface area contributed by atoms with Crippen LogP contribution in [-0.2, 0) is 0 Å². The summed E-state index contributed by atoms with van der Waals surface area (Å²) in [5, 5.41) is 7.72. The molecule has 0 saturated heterocycles. The Morgan fingerprint density at radius 2 is 2.44 bits per heavy atom. The molecule has 0 atom stereocenters. The van der Waals surface area contributed by atoms with Crippen molar-refractivity contribution in [2.24, 2.45) is 0 Å². The molecule has 0 aliphatic rings. The lowest BCUT2D eigenvalue weighted by Gasteiger charge is -1.93. The molecule has 0 amide bonds. The molecule has 0 aromatic carbocycles. The van der Waals surface area contributed by atoms with Crippen molar-refractivity contribution in [2.45, 2.75) is 4.90 Å². The Labute approximate surface area is 62.6 Å². The van der Waals surface area contributed by atoms with Gasteiger partial charge in [-0.1, -0.05) is 11.6 Å². The van der Waals surface area contributed by atoms with Crippen LogP contribution in [0.2, 0.25) is 5.15 Å². The van der Waals surface area contributed by atoms with E-state index in [1.807, 2.05) is 12.3 Å². The molecule has 4 heteroatoms. The number of hydrogen-bond acceptors (Lipinski definition) is 3. The Hall–Kier alpha value is -0.280. The normalized spacial score (nSPS) is 9.56. The molecular formula is C5H5ClN2S. The van der Waals surface area contributed by atoms with E-state index in [0.29, 0.717) is 5.15 Å². The van der Waals surface area contributed by atoms with Crippen molar-refractivity contribution in [2.75, 3.05) is 6.26 Å². The highest BCUT2D eigenvalue weighted by Gasteiger charge is 1.95. The molecule has 48 valence electrons. The van der Waals surface area contributed by atoms with Crippen LogP contribution in [0.25, 0.3) is 0 Å². The van der Waals surface area contributed by atoms with Crippen LogP contribution in [0, 0.1) is 0 Å². The molecule has 9 heavy (non-hydrogen) atoms. The van der Waals surface area contributed by atoms with Gasteiger partial charge in [-0.05, 0) is 12.3 Å².